The van der Waals surface area contributed by atoms with Crippen LogP contribution >= 0.6 is 0 Å². The van der Waals surface area contributed by atoms with E-state index in [0.717, 1.165) is 19.3 Å². The number of aliphatic hydroxyl groups is 1. The number of carboxylic acids is 1. The van der Waals surface area contributed by atoms with Crippen LogP contribution in [-0.2, 0) is 4.79 Å². The Labute approximate surface area is 120 Å². The lowest BCUT2D eigenvalue weighted by atomic mass is 9.87. The molecule has 1 aliphatic rings. The van der Waals surface area contributed by atoms with Crippen LogP contribution in [0.25, 0.3) is 0 Å². The number of aliphatic carboxylic acids is 1. The van der Waals surface area contributed by atoms with E-state index in [1.807, 2.05) is 0 Å². The van der Waals surface area contributed by atoms with E-state index in [-0.39, 0.29) is 6.04 Å². The van der Waals surface area contributed by atoms with Gasteiger partial charge in [0.1, 0.15) is 6.04 Å². The van der Waals surface area contributed by atoms with E-state index in [2.05, 4.69) is 5.32 Å². The zero-order valence-electron chi connectivity index (χ0n) is 12.7. The first-order valence-corrected chi connectivity index (χ1v) is 7.08. The Morgan fingerprint density at radius 1 is 1.25 bits per heavy atom. The zero-order chi connectivity index (χ0) is 15.5. The fourth-order valence-electron chi connectivity index (χ4n) is 2.57. The molecule has 3 atom stereocenters. The van der Waals surface area contributed by atoms with Gasteiger partial charge in [0.2, 0.25) is 0 Å². The number of likely N-dealkylation sites (N-methyl/N-ethyl adjacent to an activating group) is 1. The number of hydrogen-bond donors (Lipinski definition) is 3. The first-order valence-electron chi connectivity index (χ1n) is 7.08. The average molecular weight is 286 g/mol. The number of rotatable bonds is 3. The fourth-order valence-corrected chi connectivity index (χ4v) is 2.57. The van der Waals surface area contributed by atoms with Crippen molar-refractivity contribution in [2.45, 2.75) is 64.6 Å². The molecule has 0 aromatic rings. The van der Waals surface area contributed by atoms with Gasteiger partial charge in [0, 0.05) is 7.05 Å². The number of carbonyl (C=O) groups excluding carboxylic acids is 1. The molecule has 0 spiro atoms. The standard InChI is InChI=1S/C14H26N2O4/c1-14(2,3)11(12(18)19)15-13(20)16(4)9-7-5-6-8-10(9)17/h9-11,17H,5-8H2,1-4H3,(H,15,20)(H,18,19)/t9?,10?,11-/m0/s1. The molecule has 3 N–H and O–H groups in total. The van der Waals surface area contributed by atoms with Crippen LogP contribution in [0.4, 0.5) is 4.79 Å². The van der Waals surface area contributed by atoms with Crippen molar-refractivity contribution in [3.8, 4) is 0 Å². The quantitative estimate of drug-likeness (QED) is 0.732. The molecule has 0 radical (unpaired) electrons. The number of aliphatic hydroxyl groups excluding tert-OH is 1. The SMILES string of the molecule is CN(C(=O)N[C@@H](C(=O)O)C(C)(C)C)C1CCCCC1O. The van der Waals surface area contributed by atoms with Crippen molar-refractivity contribution in [3.05, 3.63) is 0 Å². The maximum atomic E-state index is 12.2. The Kier molecular flexibility index (Phi) is 5.39. The summed E-state index contributed by atoms with van der Waals surface area (Å²) >= 11 is 0. The third-order valence-electron chi connectivity index (χ3n) is 3.89. The Bertz CT molecular complexity index is 365. The van der Waals surface area contributed by atoms with Gasteiger partial charge in [-0.3, -0.25) is 0 Å². The minimum absolute atomic E-state index is 0.238. The highest BCUT2D eigenvalue weighted by atomic mass is 16.4. The molecule has 6 heteroatoms. The molecule has 0 aromatic heterocycles. The van der Waals surface area contributed by atoms with Gasteiger partial charge in [0.05, 0.1) is 12.1 Å². The zero-order valence-corrected chi connectivity index (χ0v) is 12.7. The summed E-state index contributed by atoms with van der Waals surface area (Å²) in [5.41, 5.74) is -0.576. The van der Waals surface area contributed by atoms with Crippen molar-refractivity contribution in [3.63, 3.8) is 0 Å². The number of nitrogens with one attached hydrogen (secondary N) is 1. The van der Waals surface area contributed by atoms with Gasteiger partial charge in [-0.1, -0.05) is 33.6 Å². The Balaban J connectivity index is 2.71. The molecule has 0 aromatic carbocycles. The molecule has 116 valence electrons. The smallest absolute Gasteiger partial charge is 0.326 e. The molecule has 0 saturated heterocycles. The monoisotopic (exact) mass is 286 g/mol. The van der Waals surface area contributed by atoms with Crippen molar-refractivity contribution >= 4 is 12.0 Å². The summed E-state index contributed by atoms with van der Waals surface area (Å²) < 4.78 is 0. The molecule has 6 nitrogen and oxygen atoms in total. The van der Waals surface area contributed by atoms with Crippen molar-refractivity contribution in [2.75, 3.05) is 7.05 Å². The van der Waals surface area contributed by atoms with Crippen molar-refractivity contribution in [2.24, 2.45) is 5.41 Å². The number of hydrogen-bond acceptors (Lipinski definition) is 3. The van der Waals surface area contributed by atoms with Gasteiger partial charge in [-0.05, 0) is 18.3 Å². The molecule has 2 amide bonds. The molecular weight excluding hydrogens is 260 g/mol. The average Bonchev–Trinajstić information content (AvgIpc) is 2.33. The van der Waals surface area contributed by atoms with E-state index in [4.69, 9.17) is 0 Å². The van der Waals surface area contributed by atoms with Gasteiger partial charge in [-0.25, -0.2) is 9.59 Å². The maximum absolute atomic E-state index is 12.2. The van der Waals surface area contributed by atoms with E-state index < -0.39 is 29.6 Å². The molecule has 0 bridgehead atoms. The predicted octanol–water partition coefficient (Wildman–Crippen LogP) is 1.43. The lowest BCUT2D eigenvalue weighted by molar-refractivity contribution is -0.142. The van der Waals surface area contributed by atoms with Crippen LogP contribution in [-0.4, -0.2) is 52.3 Å². The molecule has 1 rings (SSSR count). The third kappa shape index (κ3) is 4.10. The minimum Gasteiger partial charge on any atom is -0.480 e. The molecule has 20 heavy (non-hydrogen) atoms. The second-order valence-corrected chi connectivity index (χ2v) is 6.62. The highest BCUT2D eigenvalue weighted by molar-refractivity contribution is 5.83. The predicted molar refractivity (Wildman–Crippen MR) is 75.4 cm³/mol. The third-order valence-corrected chi connectivity index (χ3v) is 3.89. The van der Waals surface area contributed by atoms with Crippen LogP contribution in [0.15, 0.2) is 0 Å². The minimum atomic E-state index is -1.05. The Morgan fingerprint density at radius 3 is 2.25 bits per heavy atom. The van der Waals surface area contributed by atoms with E-state index in [9.17, 15) is 19.8 Å². The summed E-state index contributed by atoms with van der Waals surface area (Å²) in [5.74, 6) is -1.05. The van der Waals surface area contributed by atoms with Gasteiger partial charge in [0.15, 0.2) is 0 Å². The number of amides is 2. The van der Waals surface area contributed by atoms with Crippen LogP contribution < -0.4 is 5.32 Å². The van der Waals surface area contributed by atoms with Gasteiger partial charge in [0.25, 0.3) is 0 Å². The molecule has 2 unspecified atom stereocenters. The number of carboxylic acid groups (broad SMARTS) is 1. The van der Waals surface area contributed by atoms with E-state index in [0.29, 0.717) is 6.42 Å². The van der Waals surface area contributed by atoms with Gasteiger partial charge in [-0.15, -0.1) is 0 Å². The summed E-state index contributed by atoms with van der Waals surface area (Å²) in [5, 5.41) is 21.7. The molecule has 0 heterocycles. The highest BCUT2D eigenvalue weighted by Crippen LogP contribution is 2.23. The first-order chi connectivity index (χ1) is 9.14. The molecule has 1 aliphatic carbocycles. The Morgan fingerprint density at radius 2 is 1.80 bits per heavy atom. The van der Waals surface area contributed by atoms with Crippen LogP contribution in [0.2, 0.25) is 0 Å². The van der Waals surface area contributed by atoms with E-state index in [1.165, 1.54) is 4.90 Å². The molecule has 0 aliphatic heterocycles. The lowest BCUT2D eigenvalue weighted by Crippen LogP contribution is -2.56. The summed E-state index contributed by atoms with van der Waals surface area (Å²) in [7, 11) is 1.61. The normalized spacial score (nSPS) is 24.9. The molecular formula is C14H26N2O4. The number of urea groups is 1. The number of carbonyl (C=O) groups is 2. The summed E-state index contributed by atoms with van der Waals surface area (Å²) in [6.07, 6.45) is 2.84. The fraction of sp³-hybridized carbons (Fsp3) is 0.857. The Hall–Kier alpha value is -1.30. The molecule has 1 saturated carbocycles. The number of nitrogens with zero attached hydrogens (tertiary/aromatic N) is 1. The summed E-state index contributed by atoms with van der Waals surface area (Å²) in [6, 6.07) is -1.64. The van der Waals surface area contributed by atoms with Gasteiger partial charge >= 0.3 is 12.0 Å². The summed E-state index contributed by atoms with van der Waals surface area (Å²) in [4.78, 5) is 24.9. The van der Waals surface area contributed by atoms with Crippen molar-refractivity contribution < 1.29 is 19.8 Å². The van der Waals surface area contributed by atoms with Gasteiger partial charge in [-0.2, -0.15) is 0 Å². The largest absolute Gasteiger partial charge is 0.480 e. The second kappa shape index (κ2) is 6.43. The van der Waals surface area contributed by atoms with Crippen LogP contribution in [0.5, 0.6) is 0 Å². The van der Waals surface area contributed by atoms with Crippen molar-refractivity contribution in [1.29, 1.82) is 0 Å². The van der Waals surface area contributed by atoms with Crippen molar-refractivity contribution in [1.82, 2.24) is 10.2 Å². The van der Waals surface area contributed by atoms with Crippen LogP contribution in [0.1, 0.15) is 46.5 Å². The molecule has 1 fully saturated rings. The van der Waals surface area contributed by atoms with Crippen LogP contribution in [0, 0.1) is 5.41 Å². The second-order valence-electron chi connectivity index (χ2n) is 6.62. The van der Waals surface area contributed by atoms with E-state index >= 15 is 0 Å². The topological polar surface area (TPSA) is 89.9 Å². The maximum Gasteiger partial charge on any atom is 0.326 e. The first kappa shape index (κ1) is 16.8. The van der Waals surface area contributed by atoms with Gasteiger partial charge < -0.3 is 20.4 Å². The van der Waals surface area contributed by atoms with Crippen LogP contribution in [0.3, 0.4) is 0 Å². The summed E-state index contributed by atoms with van der Waals surface area (Å²) in [6.45, 7) is 5.30. The lowest BCUT2D eigenvalue weighted by Gasteiger charge is -2.37. The highest BCUT2D eigenvalue weighted by Gasteiger charge is 2.35. The van der Waals surface area contributed by atoms with E-state index in [1.54, 1.807) is 27.8 Å².